The molecule has 0 rings (SSSR count). The Balaban J connectivity index is -0.0000000800. The van der Waals surface area contributed by atoms with Gasteiger partial charge in [0.1, 0.15) is 0 Å². The molecule has 0 saturated heterocycles. The molecule has 0 amide bonds. The molecule has 0 aliphatic carbocycles. The van der Waals surface area contributed by atoms with Crippen molar-refractivity contribution in [1.29, 1.82) is 0 Å². The standard InChI is InChI=1S/O4Si.2Pb/c1-5(2,3)4;;/q-4;2*+2. The molecular weight excluding hydrogens is 506 g/mol. The molecule has 4 radical (unpaired) electrons. The molecule has 0 atom stereocenters. The summed E-state index contributed by atoms with van der Waals surface area (Å²) in [4.78, 5) is 34.3. The molecule has 0 aromatic heterocycles. The molecule has 0 heterocycles. The van der Waals surface area contributed by atoms with Gasteiger partial charge in [-0.25, -0.2) is 0 Å². The number of hydrogen-bond acceptors (Lipinski definition) is 4. The van der Waals surface area contributed by atoms with Gasteiger partial charge in [0.15, 0.2) is 0 Å². The zero-order valence-corrected chi connectivity index (χ0v) is 11.9. The first-order chi connectivity index (χ1) is 2.00. The Bertz CT molecular complexity index is 25.2. The van der Waals surface area contributed by atoms with Crippen molar-refractivity contribution in [3.05, 3.63) is 0 Å². The largest absolute Gasteiger partial charge is 2.00 e. The van der Waals surface area contributed by atoms with Crippen LogP contribution in [0.2, 0.25) is 0 Å². The Kier molecular flexibility index (Phi) is 13.7. The van der Waals surface area contributed by atoms with Crippen LogP contribution in [0.1, 0.15) is 0 Å². The molecule has 0 N–H and O–H groups in total. The summed E-state index contributed by atoms with van der Waals surface area (Å²) in [5.74, 6) is 0. The van der Waals surface area contributed by atoms with Crippen molar-refractivity contribution in [1.82, 2.24) is 0 Å². The number of hydrogen-bond donors (Lipinski definition) is 0. The SMILES string of the molecule is [O-][Si]([O-])([O-])[O-].[Pb+2].[Pb+2]. The van der Waals surface area contributed by atoms with E-state index in [4.69, 9.17) is 19.2 Å². The van der Waals surface area contributed by atoms with E-state index >= 15 is 0 Å². The Morgan fingerprint density at radius 1 is 0.714 bits per heavy atom. The molecule has 0 unspecified atom stereocenters. The summed E-state index contributed by atoms with van der Waals surface area (Å²) in [6.45, 7) is 0. The van der Waals surface area contributed by atoms with Crippen molar-refractivity contribution in [3.8, 4) is 0 Å². The van der Waals surface area contributed by atoms with Crippen molar-refractivity contribution >= 4 is 63.6 Å². The summed E-state index contributed by atoms with van der Waals surface area (Å²) in [5, 5.41) is 0. The maximum absolute atomic E-state index is 8.58. The van der Waals surface area contributed by atoms with Crippen LogP contribution in [0.5, 0.6) is 0 Å². The van der Waals surface area contributed by atoms with Crippen LogP contribution in [0, 0.1) is 0 Å². The van der Waals surface area contributed by atoms with Crippen LogP contribution < -0.4 is 19.2 Å². The van der Waals surface area contributed by atoms with Gasteiger partial charge < -0.3 is 28.2 Å². The van der Waals surface area contributed by atoms with Crippen molar-refractivity contribution in [2.45, 2.75) is 0 Å². The Hall–Kier alpha value is 1.90. The summed E-state index contributed by atoms with van der Waals surface area (Å²) in [5.41, 5.74) is 0. The minimum atomic E-state index is -5.61. The van der Waals surface area contributed by atoms with E-state index in [1.54, 1.807) is 0 Å². The Morgan fingerprint density at radius 3 is 0.714 bits per heavy atom. The fraction of sp³-hybridized carbons (Fsp3) is 0. The summed E-state index contributed by atoms with van der Waals surface area (Å²) < 4.78 is 0. The molecule has 0 saturated carbocycles. The smallest absolute Gasteiger partial charge is 0.894 e. The van der Waals surface area contributed by atoms with Gasteiger partial charge in [0.05, 0.1) is 0 Å². The van der Waals surface area contributed by atoms with Gasteiger partial charge in [-0.05, 0) is 0 Å². The minimum absolute atomic E-state index is 0. The van der Waals surface area contributed by atoms with E-state index in [0.717, 1.165) is 0 Å². The predicted octanol–water partition coefficient (Wildman–Crippen LogP) is -5.90. The van der Waals surface area contributed by atoms with Gasteiger partial charge in [-0.2, -0.15) is 0 Å². The van der Waals surface area contributed by atoms with Crippen molar-refractivity contribution in [2.75, 3.05) is 0 Å². The third kappa shape index (κ3) is 76.1. The van der Waals surface area contributed by atoms with Crippen LogP contribution in [-0.4, -0.2) is 63.6 Å². The molecule has 0 aliphatic heterocycles. The zero-order valence-electron chi connectivity index (χ0n) is 3.13. The Labute approximate surface area is 82.0 Å². The minimum Gasteiger partial charge on any atom is -0.894 e. The van der Waals surface area contributed by atoms with E-state index in [9.17, 15) is 0 Å². The molecule has 7 heteroatoms. The molecule has 4 nitrogen and oxygen atoms in total. The average Bonchev–Trinajstić information content (AvgIpc) is 0.722. The second kappa shape index (κ2) is 6.03. The molecule has 0 aromatic rings. The second-order valence-corrected chi connectivity index (χ2v) is 1.50. The van der Waals surface area contributed by atoms with Crippen molar-refractivity contribution < 1.29 is 19.2 Å². The molecule has 0 fully saturated rings. The van der Waals surface area contributed by atoms with Crippen molar-refractivity contribution in [2.24, 2.45) is 0 Å². The van der Waals surface area contributed by atoms with Crippen LogP contribution in [0.15, 0.2) is 0 Å². The molecule has 0 bridgehead atoms. The van der Waals surface area contributed by atoms with Crippen LogP contribution in [0.25, 0.3) is 0 Å². The van der Waals surface area contributed by atoms with Crippen LogP contribution in [0.4, 0.5) is 0 Å². The zero-order chi connectivity index (χ0) is 4.50. The molecule has 0 aromatic carbocycles. The van der Waals surface area contributed by atoms with Gasteiger partial charge in [-0.1, -0.05) is 0 Å². The van der Waals surface area contributed by atoms with Crippen LogP contribution in [-0.2, 0) is 0 Å². The van der Waals surface area contributed by atoms with Crippen LogP contribution in [0.3, 0.4) is 0 Å². The van der Waals surface area contributed by atoms with E-state index in [1.807, 2.05) is 0 Å². The first kappa shape index (κ1) is 16.0. The van der Waals surface area contributed by atoms with Gasteiger partial charge in [0.2, 0.25) is 0 Å². The molecule has 7 heavy (non-hydrogen) atoms. The topological polar surface area (TPSA) is 92.2 Å². The van der Waals surface area contributed by atoms with Crippen molar-refractivity contribution in [3.63, 3.8) is 0 Å². The van der Waals surface area contributed by atoms with Gasteiger partial charge in [-0.15, -0.1) is 0 Å². The third-order valence-corrected chi connectivity index (χ3v) is 0. The van der Waals surface area contributed by atoms with E-state index in [2.05, 4.69) is 0 Å². The maximum atomic E-state index is 8.58. The van der Waals surface area contributed by atoms with E-state index in [-0.39, 0.29) is 54.6 Å². The monoisotopic (exact) mass is 508 g/mol. The van der Waals surface area contributed by atoms with E-state index < -0.39 is 9.05 Å². The third-order valence-electron chi connectivity index (χ3n) is 0. The van der Waals surface area contributed by atoms with E-state index in [0.29, 0.717) is 0 Å². The van der Waals surface area contributed by atoms with Gasteiger partial charge >= 0.3 is 54.6 Å². The summed E-state index contributed by atoms with van der Waals surface area (Å²) >= 11 is 0. The van der Waals surface area contributed by atoms with Gasteiger partial charge in [-0.3, -0.25) is 0 Å². The predicted molar refractivity (Wildman–Crippen MR) is 17.3 cm³/mol. The summed E-state index contributed by atoms with van der Waals surface area (Å²) in [6.07, 6.45) is 0. The first-order valence-electron chi connectivity index (χ1n) is 0.816. The normalized spacial score (nSPS) is 8.57. The fourth-order valence-electron chi connectivity index (χ4n) is 0. The molecule has 36 valence electrons. The van der Waals surface area contributed by atoms with Gasteiger partial charge in [0.25, 0.3) is 0 Å². The summed E-state index contributed by atoms with van der Waals surface area (Å²) in [7, 11) is -5.61. The fourth-order valence-corrected chi connectivity index (χ4v) is 0. The summed E-state index contributed by atoms with van der Waals surface area (Å²) in [6, 6.07) is 0. The average molecular weight is 506 g/mol. The molecule has 0 aliphatic rings. The first-order valence-corrected chi connectivity index (χ1v) is 2.45. The van der Waals surface area contributed by atoms with E-state index in [1.165, 1.54) is 0 Å². The molecular formula is O4Pb2Si. The van der Waals surface area contributed by atoms with Gasteiger partial charge in [0, 0.05) is 0 Å². The quantitative estimate of drug-likeness (QED) is 0.306. The number of rotatable bonds is 0. The second-order valence-electron chi connectivity index (χ2n) is 0.500. The molecule has 0 spiro atoms. The maximum Gasteiger partial charge on any atom is 2.00 e. The van der Waals surface area contributed by atoms with Crippen LogP contribution >= 0.6 is 0 Å². The Morgan fingerprint density at radius 2 is 0.714 bits per heavy atom.